The first-order valence-corrected chi connectivity index (χ1v) is 7.50. The van der Waals surface area contributed by atoms with Crippen LogP contribution in [-0.4, -0.2) is 49.3 Å². The van der Waals surface area contributed by atoms with E-state index in [1.54, 1.807) is 14.2 Å². The maximum Gasteiger partial charge on any atom is 0.212 e. The van der Waals surface area contributed by atoms with Crippen molar-refractivity contribution in [3.05, 3.63) is 0 Å². The second-order valence-electron chi connectivity index (χ2n) is 6.01. The summed E-state index contributed by atoms with van der Waals surface area (Å²) < 4.78 is 10.8. The highest BCUT2D eigenvalue weighted by atomic mass is 16.5. The Labute approximate surface area is 121 Å². The van der Waals surface area contributed by atoms with Crippen molar-refractivity contribution >= 4 is 11.8 Å². The largest absolute Gasteiger partial charge is 0.483 e. The molecule has 1 fully saturated rings. The number of hydrogen-bond donors (Lipinski definition) is 1. The van der Waals surface area contributed by atoms with Crippen LogP contribution in [0.15, 0.2) is 9.98 Å². The number of hydrogen-bond acceptors (Lipinski definition) is 5. The molecule has 0 aromatic rings. The van der Waals surface area contributed by atoms with Crippen LogP contribution < -0.4 is 0 Å². The van der Waals surface area contributed by atoms with Crippen LogP contribution >= 0.6 is 0 Å². The summed E-state index contributed by atoms with van der Waals surface area (Å²) in [5, 5.41) is 10.6. The second kappa shape index (κ2) is 6.57. The lowest BCUT2D eigenvalue weighted by molar-refractivity contribution is 0.0949. The van der Waals surface area contributed by atoms with Crippen LogP contribution in [0, 0.1) is 11.8 Å². The van der Waals surface area contributed by atoms with Gasteiger partial charge in [-0.15, -0.1) is 0 Å². The number of aliphatic imine (C=N–C) groups is 2. The van der Waals surface area contributed by atoms with Gasteiger partial charge in [-0.1, -0.05) is 26.7 Å². The summed E-state index contributed by atoms with van der Waals surface area (Å²) >= 11 is 0. The molecule has 2 aliphatic rings. The first-order valence-electron chi connectivity index (χ1n) is 7.50. The highest BCUT2D eigenvalue weighted by molar-refractivity contribution is 5.94. The zero-order chi connectivity index (χ0) is 14.7. The molecule has 0 amide bonds. The van der Waals surface area contributed by atoms with Crippen LogP contribution in [0.25, 0.3) is 0 Å². The predicted molar refractivity (Wildman–Crippen MR) is 79.3 cm³/mol. The Morgan fingerprint density at radius 3 is 2.00 bits per heavy atom. The van der Waals surface area contributed by atoms with E-state index in [9.17, 15) is 5.11 Å². The summed E-state index contributed by atoms with van der Waals surface area (Å²) in [4.78, 5) is 9.19. The van der Waals surface area contributed by atoms with E-state index in [0.29, 0.717) is 11.8 Å². The van der Waals surface area contributed by atoms with Gasteiger partial charge in [-0.25, -0.2) is 9.98 Å². The van der Waals surface area contributed by atoms with Crippen LogP contribution in [0.1, 0.15) is 39.5 Å². The Bertz CT molecular complexity index is 387. The number of rotatable bonds is 3. The van der Waals surface area contributed by atoms with E-state index in [0.717, 1.165) is 12.8 Å². The monoisotopic (exact) mass is 282 g/mol. The van der Waals surface area contributed by atoms with Gasteiger partial charge in [-0.2, -0.15) is 0 Å². The third-order valence-corrected chi connectivity index (χ3v) is 4.29. The topological polar surface area (TPSA) is 63.4 Å². The van der Waals surface area contributed by atoms with Crippen molar-refractivity contribution in [2.75, 3.05) is 14.2 Å². The van der Waals surface area contributed by atoms with Gasteiger partial charge in [0.05, 0.1) is 20.3 Å². The van der Waals surface area contributed by atoms with E-state index < -0.39 is 12.1 Å². The average Bonchev–Trinajstić information content (AvgIpc) is 2.99. The van der Waals surface area contributed by atoms with Gasteiger partial charge in [0.15, 0.2) is 6.04 Å². The van der Waals surface area contributed by atoms with E-state index >= 15 is 0 Å². The molecule has 0 saturated heterocycles. The van der Waals surface area contributed by atoms with E-state index in [1.165, 1.54) is 12.8 Å². The van der Waals surface area contributed by atoms with Gasteiger partial charge in [-0.3, -0.25) is 0 Å². The van der Waals surface area contributed by atoms with Gasteiger partial charge < -0.3 is 14.6 Å². The number of ether oxygens (including phenoxy) is 2. The van der Waals surface area contributed by atoms with E-state index in [-0.39, 0.29) is 17.9 Å². The summed E-state index contributed by atoms with van der Waals surface area (Å²) in [5.41, 5.74) is 0. The third-order valence-electron chi connectivity index (χ3n) is 4.29. The van der Waals surface area contributed by atoms with Crippen molar-refractivity contribution in [3.8, 4) is 0 Å². The number of nitrogens with zero attached hydrogens (tertiary/aromatic N) is 2. The Kier molecular flexibility index (Phi) is 5.02. The normalized spacial score (nSPS) is 29.1. The Hall–Kier alpha value is -1.10. The summed E-state index contributed by atoms with van der Waals surface area (Å²) in [5.74, 6) is 1.70. The molecule has 20 heavy (non-hydrogen) atoms. The predicted octanol–water partition coefficient (Wildman–Crippen LogP) is 2.03. The highest BCUT2D eigenvalue weighted by Gasteiger charge is 2.38. The zero-order valence-corrected chi connectivity index (χ0v) is 12.9. The molecular formula is C15H26N2O3. The number of methoxy groups -OCH3 is 2. The van der Waals surface area contributed by atoms with Crippen LogP contribution in [0.3, 0.4) is 0 Å². The number of aliphatic hydroxyl groups excluding tert-OH is 1. The Balaban J connectivity index is 2.22. The van der Waals surface area contributed by atoms with Gasteiger partial charge in [0, 0.05) is 0 Å². The van der Waals surface area contributed by atoms with Crippen molar-refractivity contribution in [3.63, 3.8) is 0 Å². The molecule has 0 spiro atoms. The summed E-state index contributed by atoms with van der Waals surface area (Å²) in [6, 6.07) is -0.546. The maximum atomic E-state index is 10.6. The lowest BCUT2D eigenvalue weighted by atomic mass is 9.93. The van der Waals surface area contributed by atoms with Crippen molar-refractivity contribution in [1.82, 2.24) is 0 Å². The number of aliphatic hydroxyl groups is 1. The van der Waals surface area contributed by atoms with Crippen molar-refractivity contribution in [2.45, 2.75) is 57.7 Å². The first-order chi connectivity index (χ1) is 9.58. The molecule has 0 aromatic heterocycles. The molecular weight excluding hydrogens is 256 g/mol. The third kappa shape index (κ3) is 2.97. The van der Waals surface area contributed by atoms with Gasteiger partial charge >= 0.3 is 0 Å². The minimum Gasteiger partial charge on any atom is -0.483 e. The van der Waals surface area contributed by atoms with E-state index in [4.69, 9.17) is 9.47 Å². The molecule has 1 saturated carbocycles. The van der Waals surface area contributed by atoms with Gasteiger partial charge in [0.1, 0.15) is 6.04 Å². The van der Waals surface area contributed by atoms with Gasteiger partial charge in [0.2, 0.25) is 11.8 Å². The first kappa shape index (κ1) is 15.3. The van der Waals surface area contributed by atoms with Crippen LogP contribution in [0.5, 0.6) is 0 Å². The SMILES string of the molecule is COC1=N[C@H](C(C)C)C(OC)=N[C@H]1C(O)C1CCCC1. The van der Waals surface area contributed by atoms with Crippen LogP contribution in [0.4, 0.5) is 0 Å². The molecule has 1 N–H and O–H groups in total. The molecule has 0 aromatic carbocycles. The molecule has 3 atom stereocenters. The Morgan fingerprint density at radius 1 is 1.00 bits per heavy atom. The minimum atomic E-state index is -0.533. The molecule has 0 bridgehead atoms. The summed E-state index contributed by atoms with van der Waals surface area (Å²) in [6.45, 7) is 4.15. The molecule has 1 aliphatic heterocycles. The molecule has 5 nitrogen and oxygen atoms in total. The molecule has 1 aliphatic carbocycles. The van der Waals surface area contributed by atoms with Crippen molar-refractivity contribution in [2.24, 2.45) is 21.8 Å². The van der Waals surface area contributed by atoms with Crippen molar-refractivity contribution in [1.29, 1.82) is 0 Å². The average molecular weight is 282 g/mol. The van der Waals surface area contributed by atoms with Gasteiger partial charge in [-0.05, 0) is 24.7 Å². The minimum absolute atomic E-state index is 0.123. The van der Waals surface area contributed by atoms with Crippen LogP contribution in [0.2, 0.25) is 0 Å². The van der Waals surface area contributed by atoms with Crippen molar-refractivity contribution < 1.29 is 14.6 Å². The van der Waals surface area contributed by atoms with E-state index in [1.807, 2.05) is 0 Å². The lowest BCUT2D eigenvalue weighted by Gasteiger charge is -2.31. The fourth-order valence-electron chi connectivity index (χ4n) is 3.10. The summed E-state index contributed by atoms with van der Waals surface area (Å²) in [7, 11) is 3.21. The maximum absolute atomic E-state index is 10.6. The molecule has 5 heteroatoms. The fourth-order valence-corrected chi connectivity index (χ4v) is 3.10. The van der Waals surface area contributed by atoms with E-state index in [2.05, 4.69) is 23.8 Å². The molecule has 2 rings (SSSR count). The quantitative estimate of drug-likeness (QED) is 0.861. The molecule has 1 heterocycles. The fraction of sp³-hybridized carbons (Fsp3) is 0.867. The van der Waals surface area contributed by atoms with Gasteiger partial charge in [0.25, 0.3) is 0 Å². The lowest BCUT2D eigenvalue weighted by Crippen LogP contribution is -2.45. The molecule has 0 radical (unpaired) electrons. The second-order valence-corrected chi connectivity index (χ2v) is 6.01. The smallest absolute Gasteiger partial charge is 0.212 e. The zero-order valence-electron chi connectivity index (χ0n) is 12.9. The molecule has 1 unspecified atom stereocenters. The standard InChI is InChI=1S/C15H26N2O3/c1-9(2)11-14(19-3)17-12(15(16-11)20-4)13(18)10-7-5-6-8-10/h9-13,18H,5-8H2,1-4H3/t11-,12+,13?/m1/s1. The Morgan fingerprint density at radius 2 is 1.50 bits per heavy atom. The molecule has 114 valence electrons. The highest BCUT2D eigenvalue weighted by Crippen LogP contribution is 2.31. The van der Waals surface area contributed by atoms with Crippen LogP contribution in [-0.2, 0) is 9.47 Å². The summed E-state index contributed by atoms with van der Waals surface area (Å²) in [6.07, 6.45) is 3.95.